The molecule has 0 fully saturated rings. The summed E-state index contributed by atoms with van der Waals surface area (Å²) in [7, 11) is 0. The smallest absolute Gasteiger partial charge is 0.205 e. The van der Waals surface area contributed by atoms with Gasteiger partial charge >= 0.3 is 0 Å². The van der Waals surface area contributed by atoms with Crippen LogP contribution in [0.4, 0.5) is 0 Å². The van der Waals surface area contributed by atoms with E-state index in [0.29, 0.717) is 5.56 Å². The average Bonchev–Trinajstić information content (AvgIpc) is 2.03. The summed E-state index contributed by atoms with van der Waals surface area (Å²) in [5.41, 5.74) is 0.427. The molecular weight excluding hydrogens is 144 g/mol. The highest BCUT2D eigenvalue weighted by Gasteiger charge is 2.37. The second-order valence-electron chi connectivity index (χ2n) is 2.61. The maximum Gasteiger partial charge on any atom is 0.205 e. The quantitative estimate of drug-likeness (QED) is 0.553. The largest absolute Gasteiger partial charge is 0.461 e. The van der Waals surface area contributed by atoms with Crippen molar-refractivity contribution in [2.75, 3.05) is 0 Å². The summed E-state index contributed by atoms with van der Waals surface area (Å²) < 4.78 is 4.86. The Morgan fingerprint density at radius 3 is 2.82 bits per heavy atom. The van der Waals surface area contributed by atoms with Crippen molar-refractivity contribution in [2.24, 2.45) is 0 Å². The van der Waals surface area contributed by atoms with Crippen molar-refractivity contribution >= 4 is 5.78 Å². The van der Waals surface area contributed by atoms with Gasteiger partial charge < -0.3 is 4.42 Å². The van der Waals surface area contributed by atoms with E-state index in [9.17, 15) is 9.59 Å². The lowest BCUT2D eigenvalue weighted by Gasteiger charge is -2.20. The fourth-order valence-corrected chi connectivity index (χ4v) is 1.28. The fourth-order valence-electron chi connectivity index (χ4n) is 1.28. The summed E-state index contributed by atoms with van der Waals surface area (Å²) in [5.74, 6) is -0.0925. The van der Waals surface area contributed by atoms with Gasteiger partial charge in [0.05, 0.1) is 17.7 Å². The van der Waals surface area contributed by atoms with Gasteiger partial charge in [0, 0.05) is 6.07 Å². The van der Waals surface area contributed by atoms with Gasteiger partial charge in [0.2, 0.25) is 5.78 Å². The molecule has 0 aliphatic heterocycles. The Labute approximate surface area is 62.6 Å². The highest BCUT2D eigenvalue weighted by molar-refractivity contribution is 6.07. The van der Waals surface area contributed by atoms with Gasteiger partial charge in [-0.05, 0) is 0 Å². The molecule has 0 amide bonds. The van der Waals surface area contributed by atoms with Crippen molar-refractivity contribution in [3.05, 3.63) is 33.9 Å². The molecule has 0 N–H and O–H groups in total. The van der Waals surface area contributed by atoms with E-state index in [4.69, 9.17) is 4.42 Å². The lowest BCUT2D eigenvalue weighted by Crippen LogP contribution is -2.31. The molecule has 1 unspecified atom stereocenters. The Bertz CT molecular complexity index is 375. The molecule has 0 saturated heterocycles. The fraction of sp³-hybridized carbons (Fsp3) is 0.250. The van der Waals surface area contributed by atoms with Crippen LogP contribution in [0.25, 0.3) is 0 Å². The minimum atomic E-state index is -0.262. The van der Waals surface area contributed by atoms with Crippen LogP contribution in [0, 0.1) is 0 Å². The lowest BCUT2D eigenvalue weighted by atomic mass is 9.82. The summed E-state index contributed by atoms with van der Waals surface area (Å²) in [4.78, 5) is 22.0. The molecule has 1 aromatic rings. The summed E-state index contributed by atoms with van der Waals surface area (Å²) in [6.45, 7) is 1.71. The zero-order valence-electron chi connectivity index (χ0n) is 5.96. The van der Waals surface area contributed by atoms with E-state index in [1.807, 2.05) is 0 Å². The number of carbonyl (C=O) groups excluding carboxylic acids is 1. The zero-order valence-corrected chi connectivity index (χ0v) is 5.96. The van der Waals surface area contributed by atoms with Crippen LogP contribution in [-0.2, 0) is 0 Å². The minimum absolute atomic E-state index is 0.0716. The third-order valence-electron chi connectivity index (χ3n) is 1.97. The maximum absolute atomic E-state index is 11.0. The van der Waals surface area contributed by atoms with E-state index >= 15 is 0 Å². The van der Waals surface area contributed by atoms with Crippen LogP contribution in [0.1, 0.15) is 29.0 Å². The van der Waals surface area contributed by atoms with Gasteiger partial charge in [-0.1, -0.05) is 6.92 Å². The highest BCUT2D eigenvalue weighted by atomic mass is 16.3. The highest BCUT2D eigenvalue weighted by Crippen LogP contribution is 2.30. The van der Waals surface area contributed by atoms with Gasteiger partial charge in [-0.2, -0.15) is 0 Å². The Kier molecular flexibility index (Phi) is 1.04. The molecule has 56 valence electrons. The molecule has 1 aliphatic rings. The van der Waals surface area contributed by atoms with E-state index in [1.165, 1.54) is 12.3 Å². The average molecular weight is 150 g/mol. The predicted molar refractivity (Wildman–Crippen MR) is 37.7 cm³/mol. The van der Waals surface area contributed by atoms with Crippen molar-refractivity contribution in [1.82, 2.24) is 0 Å². The van der Waals surface area contributed by atoms with E-state index in [2.05, 4.69) is 0 Å². The summed E-state index contributed by atoms with van der Waals surface area (Å²) in [5, 5.41) is 0. The lowest BCUT2D eigenvalue weighted by molar-refractivity contribution is 0.0892. The third-order valence-corrected chi connectivity index (χ3v) is 1.97. The summed E-state index contributed by atoms with van der Waals surface area (Å²) in [6.07, 6.45) is 1.25. The first kappa shape index (κ1) is 6.34. The Hall–Kier alpha value is -1.38. The SMILES string of the molecule is CC1C(=O)c2occc(=O)c21. The molecule has 3 nitrogen and oxygen atoms in total. The molecule has 0 aromatic carbocycles. The van der Waals surface area contributed by atoms with E-state index in [-0.39, 0.29) is 22.9 Å². The molecule has 2 rings (SSSR count). The van der Waals surface area contributed by atoms with Crippen molar-refractivity contribution in [3.63, 3.8) is 0 Å². The van der Waals surface area contributed by atoms with Gasteiger partial charge in [-0.25, -0.2) is 0 Å². The van der Waals surface area contributed by atoms with Crippen LogP contribution in [-0.4, -0.2) is 5.78 Å². The summed E-state index contributed by atoms with van der Waals surface area (Å²) >= 11 is 0. The Morgan fingerprint density at radius 1 is 1.45 bits per heavy atom. The minimum Gasteiger partial charge on any atom is -0.461 e. The number of Topliss-reactive ketones (excluding diaryl/α,β-unsaturated/α-hetero) is 1. The van der Waals surface area contributed by atoms with Gasteiger partial charge in [0.15, 0.2) is 11.2 Å². The molecular formula is C8H6O3. The van der Waals surface area contributed by atoms with E-state index in [0.717, 1.165) is 0 Å². The second kappa shape index (κ2) is 1.81. The first-order chi connectivity index (χ1) is 5.22. The number of carbonyl (C=O) groups is 1. The first-order valence-corrected chi connectivity index (χ1v) is 3.37. The predicted octanol–water partition coefficient (Wildman–Crippen LogP) is 0.940. The monoisotopic (exact) mass is 150 g/mol. The van der Waals surface area contributed by atoms with Crippen LogP contribution < -0.4 is 5.43 Å². The molecule has 1 atom stereocenters. The topological polar surface area (TPSA) is 47.3 Å². The van der Waals surface area contributed by atoms with E-state index in [1.54, 1.807) is 6.92 Å². The number of hydrogen-bond acceptors (Lipinski definition) is 3. The molecule has 0 bridgehead atoms. The van der Waals surface area contributed by atoms with Crippen LogP contribution >= 0.6 is 0 Å². The van der Waals surface area contributed by atoms with Crippen LogP contribution in [0.15, 0.2) is 21.5 Å². The molecule has 0 spiro atoms. The van der Waals surface area contributed by atoms with Crippen molar-refractivity contribution in [1.29, 1.82) is 0 Å². The number of ketones is 1. The number of fused-ring (bicyclic) bond motifs is 1. The number of hydrogen-bond donors (Lipinski definition) is 0. The normalized spacial score (nSPS) is 20.8. The summed E-state index contributed by atoms with van der Waals surface area (Å²) in [6, 6.07) is 1.34. The second-order valence-corrected chi connectivity index (χ2v) is 2.61. The molecule has 1 aromatic heterocycles. The van der Waals surface area contributed by atoms with Crippen molar-refractivity contribution in [2.45, 2.75) is 12.8 Å². The zero-order chi connectivity index (χ0) is 8.01. The molecule has 0 radical (unpaired) electrons. The third kappa shape index (κ3) is 0.623. The van der Waals surface area contributed by atoms with Crippen molar-refractivity contribution < 1.29 is 9.21 Å². The molecule has 3 heteroatoms. The van der Waals surface area contributed by atoms with Gasteiger partial charge in [-0.15, -0.1) is 0 Å². The van der Waals surface area contributed by atoms with Crippen LogP contribution in [0.2, 0.25) is 0 Å². The van der Waals surface area contributed by atoms with Crippen LogP contribution in [0.5, 0.6) is 0 Å². The molecule has 1 heterocycles. The molecule has 11 heavy (non-hydrogen) atoms. The maximum atomic E-state index is 11.0. The number of rotatable bonds is 0. The van der Waals surface area contributed by atoms with Gasteiger partial charge in [0.25, 0.3) is 0 Å². The van der Waals surface area contributed by atoms with E-state index < -0.39 is 0 Å². The Morgan fingerprint density at radius 2 is 2.18 bits per heavy atom. The van der Waals surface area contributed by atoms with Gasteiger partial charge in [0.1, 0.15) is 0 Å². The molecule has 0 saturated carbocycles. The molecule has 1 aliphatic carbocycles. The Balaban J connectivity index is 2.76. The van der Waals surface area contributed by atoms with Crippen molar-refractivity contribution in [3.8, 4) is 0 Å². The van der Waals surface area contributed by atoms with Gasteiger partial charge in [-0.3, -0.25) is 9.59 Å². The first-order valence-electron chi connectivity index (χ1n) is 3.37. The van der Waals surface area contributed by atoms with Crippen LogP contribution in [0.3, 0.4) is 0 Å². The standard InChI is InChI=1S/C8H6O3/c1-4-6-5(9)2-3-11-8(6)7(4)10/h2-4H,1H3.